The van der Waals surface area contributed by atoms with Crippen molar-refractivity contribution in [1.29, 1.82) is 0 Å². The minimum absolute atomic E-state index is 0.0292. The summed E-state index contributed by atoms with van der Waals surface area (Å²) in [5.74, 6) is -1.87. The molecular weight excluding hydrogens is 318 g/mol. The molecule has 0 aromatic heterocycles. The lowest BCUT2D eigenvalue weighted by molar-refractivity contribution is -0.154. The van der Waals surface area contributed by atoms with Gasteiger partial charge in [0.05, 0.1) is 0 Å². The van der Waals surface area contributed by atoms with Crippen LogP contribution in [0.5, 0.6) is 11.5 Å². The minimum atomic E-state index is -1.44. The molecule has 9 heteroatoms. The fraction of sp³-hybridized carbons (Fsp3) is 0.400. The van der Waals surface area contributed by atoms with Crippen molar-refractivity contribution < 1.29 is 29.3 Å². The normalized spacial score (nSPS) is 17.1. The Morgan fingerprint density at radius 1 is 1.33 bits per heavy atom. The van der Waals surface area contributed by atoms with Gasteiger partial charge < -0.3 is 25.6 Å². The van der Waals surface area contributed by atoms with Gasteiger partial charge in [-0.25, -0.2) is 14.5 Å². The van der Waals surface area contributed by atoms with Crippen LogP contribution in [0.2, 0.25) is 0 Å². The van der Waals surface area contributed by atoms with Crippen LogP contribution in [0, 0.1) is 0 Å². The van der Waals surface area contributed by atoms with Gasteiger partial charge in [0.1, 0.15) is 12.1 Å². The molecule has 1 aromatic carbocycles. The van der Waals surface area contributed by atoms with Crippen molar-refractivity contribution in [3.63, 3.8) is 0 Å². The van der Waals surface area contributed by atoms with E-state index in [1.807, 2.05) is 0 Å². The highest BCUT2D eigenvalue weighted by Crippen LogP contribution is 2.26. The van der Waals surface area contributed by atoms with E-state index in [0.29, 0.717) is 5.56 Å². The van der Waals surface area contributed by atoms with Crippen molar-refractivity contribution in [3.8, 4) is 11.5 Å². The van der Waals surface area contributed by atoms with Gasteiger partial charge in [-0.1, -0.05) is 6.07 Å². The van der Waals surface area contributed by atoms with E-state index in [0.717, 1.165) is 4.90 Å². The minimum Gasteiger partial charge on any atom is -0.504 e. The summed E-state index contributed by atoms with van der Waals surface area (Å²) in [7, 11) is 1.46. The zero-order valence-corrected chi connectivity index (χ0v) is 13.4. The number of phenols is 2. The number of benzene rings is 1. The van der Waals surface area contributed by atoms with Crippen LogP contribution in [-0.2, 0) is 20.7 Å². The summed E-state index contributed by atoms with van der Waals surface area (Å²) in [5, 5.41) is 18.8. The third kappa shape index (κ3) is 3.57. The molecule has 1 saturated heterocycles. The molecule has 4 N–H and O–H groups in total. The zero-order valence-electron chi connectivity index (χ0n) is 13.4. The Hall–Kier alpha value is -2.81. The van der Waals surface area contributed by atoms with Crippen LogP contribution in [0.15, 0.2) is 18.2 Å². The molecule has 1 aliphatic rings. The number of aromatic hydroxyl groups is 2. The van der Waals surface area contributed by atoms with Crippen LogP contribution in [0.25, 0.3) is 0 Å². The van der Waals surface area contributed by atoms with E-state index in [-0.39, 0.29) is 24.5 Å². The number of carbonyl (C=O) groups is 3. The van der Waals surface area contributed by atoms with Crippen LogP contribution >= 0.6 is 0 Å². The van der Waals surface area contributed by atoms with Crippen molar-refractivity contribution >= 4 is 17.9 Å². The SMILES string of the molecule is CN1CC(=O)N(COC(=O)C(C)(N)Cc2ccc(O)c(O)c2)C1=O. The Labute approximate surface area is 138 Å². The maximum absolute atomic E-state index is 12.2. The van der Waals surface area contributed by atoms with Crippen molar-refractivity contribution in [2.75, 3.05) is 20.3 Å². The molecule has 1 atom stereocenters. The summed E-state index contributed by atoms with van der Waals surface area (Å²) in [6.45, 7) is 0.858. The van der Waals surface area contributed by atoms with Crippen LogP contribution in [0.3, 0.4) is 0 Å². The number of likely N-dealkylation sites (N-methyl/N-ethyl adjacent to an activating group) is 1. The van der Waals surface area contributed by atoms with Crippen LogP contribution < -0.4 is 5.73 Å². The van der Waals surface area contributed by atoms with Gasteiger partial charge in [0, 0.05) is 13.5 Å². The number of hydrogen-bond acceptors (Lipinski definition) is 7. The highest BCUT2D eigenvalue weighted by atomic mass is 16.5. The third-order valence-corrected chi connectivity index (χ3v) is 3.63. The number of imide groups is 1. The first-order valence-electron chi connectivity index (χ1n) is 7.14. The average Bonchev–Trinajstić information content (AvgIpc) is 2.73. The summed E-state index contributed by atoms with van der Waals surface area (Å²) < 4.78 is 4.99. The molecule has 1 heterocycles. The molecule has 0 aliphatic carbocycles. The van der Waals surface area contributed by atoms with Gasteiger partial charge in [0.15, 0.2) is 18.2 Å². The standard InChI is InChI=1S/C15H19N3O6/c1-15(16,6-9-3-4-10(19)11(20)5-9)13(22)24-8-18-12(21)7-17(2)14(18)23/h3-5,19-20H,6-8,16H2,1-2H3. The maximum atomic E-state index is 12.2. The molecule has 3 amide bonds. The fourth-order valence-electron chi connectivity index (χ4n) is 2.26. The van der Waals surface area contributed by atoms with Crippen LogP contribution in [-0.4, -0.2) is 63.8 Å². The molecule has 2 rings (SSSR count). The lowest BCUT2D eigenvalue weighted by Crippen LogP contribution is -2.49. The molecule has 0 bridgehead atoms. The topological polar surface area (TPSA) is 133 Å². The first-order chi connectivity index (χ1) is 11.1. The Morgan fingerprint density at radius 3 is 2.54 bits per heavy atom. The molecule has 0 saturated carbocycles. The molecule has 0 spiro atoms. The van der Waals surface area contributed by atoms with E-state index in [1.165, 1.54) is 37.1 Å². The fourth-order valence-corrected chi connectivity index (χ4v) is 2.26. The number of amides is 3. The summed E-state index contributed by atoms with van der Waals surface area (Å²) in [6, 6.07) is 3.53. The van der Waals surface area contributed by atoms with Crippen molar-refractivity contribution in [1.82, 2.24) is 9.80 Å². The predicted octanol–water partition coefficient (Wildman–Crippen LogP) is -0.248. The first kappa shape index (κ1) is 17.5. The van der Waals surface area contributed by atoms with E-state index < -0.39 is 30.2 Å². The van der Waals surface area contributed by atoms with Crippen molar-refractivity contribution in [2.24, 2.45) is 5.73 Å². The average molecular weight is 337 g/mol. The Morgan fingerprint density at radius 2 is 2.00 bits per heavy atom. The molecular formula is C15H19N3O6. The quantitative estimate of drug-likeness (QED) is 0.383. The van der Waals surface area contributed by atoms with E-state index in [1.54, 1.807) is 0 Å². The number of nitrogens with zero attached hydrogens (tertiary/aromatic N) is 2. The van der Waals surface area contributed by atoms with Crippen molar-refractivity contribution in [3.05, 3.63) is 23.8 Å². The molecule has 1 unspecified atom stereocenters. The number of carbonyl (C=O) groups excluding carboxylic acids is 3. The Kier molecular flexibility index (Phi) is 4.65. The number of hydrogen-bond donors (Lipinski definition) is 3. The highest BCUT2D eigenvalue weighted by molar-refractivity contribution is 6.01. The van der Waals surface area contributed by atoms with Gasteiger partial charge in [-0.2, -0.15) is 0 Å². The number of urea groups is 1. The predicted molar refractivity (Wildman–Crippen MR) is 81.9 cm³/mol. The van der Waals surface area contributed by atoms with E-state index in [4.69, 9.17) is 10.5 Å². The first-order valence-corrected chi connectivity index (χ1v) is 7.14. The largest absolute Gasteiger partial charge is 0.504 e. The second-order valence-corrected chi connectivity index (χ2v) is 5.94. The van der Waals surface area contributed by atoms with Gasteiger partial charge in [-0.15, -0.1) is 0 Å². The maximum Gasteiger partial charge on any atom is 0.329 e. The number of esters is 1. The van der Waals surface area contributed by atoms with Crippen LogP contribution in [0.1, 0.15) is 12.5 Å². The third-order valence-electron chi connectivity index (χ3n) is 3.63. The Balaban J connectivity index is 1.98. The highest BCUT2D eigenvalue weighted by Gasteiger charge is 2.36. The second-order valence-electron chi connectivity index (χ2n) is 5.94. The smallest absolute Gasteiger partial charge is 0.329 e. The molecule has 1 aliphatic heterocycles. The lowest BCUT2D eigenvalue weighted by Gasteiger charge is -2.24. The Bertz CT molecular complexity index is 688. The number of phenolic OH excluding ortho intramolecular Hbond substituents is 2. The van der Waals surface area contributed by atoms with Gasteiger partial charge in [-0.3, -0.25) is 4.79 Å². The second kappa shape index (κ2) is 6.36. The molecule has 1 aromatic rings. The van der Waals surface area contributed by atoms with Gasteiger partial charge >= 0.3 is 12.0 Å². The number of rotatable bonds is 5. The monoisotopic (exact) mass is 337 g/mol. The van der Waals surface area contributed by atoms with E-state index >= 15 is 0 Å². The van der Waals surface area contributed by atoms with Gasteiger partial charge in [0.2, 0.25) is 0 Å². The summed E-state index contributed by atoms with van der Waals surface area (Å²) in [4.78, 5) is 37.5. The number of nitrogens with two attached hydrogens (primary N) is 1. The number of ether oxygens (including phenoxy) is 1. The lowest BCUT2D eigenvalue weighted by atomic mass is 9.94. The van der Waals surface area contributed by atoms with Gasteiger partial charge in [0.25, 0.3) is 5.91 Å². The summed E-state index contributed by atoms with van der Waals surface area (Å²) in [6.07, 6.45) is 0.0292. The van der Waals surface area contributed by atoms with Crippen molar-refractivity contribution in [2.45, 2.75) is 18.9 Å². The molecule has 9 nitrogen and oxygen atoms in total. The molecule has 0 radical (unpaired) electrons. The summed E-state index contributed by atoms with van der Waals surface area (Å²) in [5.41, 5.74) is 5.02. The molecule has 130 valence electrons. The molecule has 1 fully saturated rings. The van der Waals surface area contributed by atoms with E-state index in [2.05, 4.69) is 0 Å². The van der Waals surface area contributed by atoms with Gasteiger partial charge in [-0.05, 0) is 24.6 Å². The van der Waals surface area contributed by atoms with E-state index in [9.17, 15) is 24.6 Å². The zero-order chi connectivity index (χ0) is 18.1. The summed E-state index contributed by atoms with van der Waals surface area (Å²) >= 11 is 0. The molecule has 24 heavy (non-hydrogen) atoms. The van der Waals surface area contributed by atoms with Crippen LogP contribution in [0.4, 0.5) is 4.79 Å².